The van der Waals surface area contributed by atoms with Crippen molar-refractivity contribution in [1.29, 1.82) is 0 Å². The molecule has 0 aliphatic carbocycles. The van der Waals surface area contributed by atoms with Gasteiger partial charge < -0.3 is 35.8 Å². The van der Waals surface area contributed by atoms with E-state index in [1.54, 1.807) is 12.1 Å². The van der Waals surface area contributed by atoms with Gasteiger partial charge in [0.05, 0.1) is 22.6 Å². The van der Waals surface area contributed by atoms with Crippen molar-refractivity contribution in [2.24, 2.45) is 0 Å². The summed E-state index contributed by atoms with van der Waals surface area (Å²) in [5.41, 5.74) is 10.4. The largest absolute Gasteiger partial charge is 0.479 e. The number of aliphatic carboxylic acids is 2. The molecule has 1 unspecified atom stereocenters. The van der Waals surface area contributed by atoms with Crippen molar-refractivity contribution in [2.75, 3.05) is 49.9 Å². The van der Waals surface area contributed by atoms with E-state index < -0.39 is 47.9 Å². The second-order valence-electron chi connectivity index (χ2n) is 16.9. The van der Waals surface area contributed by atoms with Gasteiger partial charge in [0.15, 0.2) is 17.9 Å². The zero-order valence-corrected chi connectivity index (χ0v) is 35.3. The van der Waals surface area contributed by atoms with E-state index in [4.69, 9.17) is 36.0 Å². The van der Waals surface area contributed by atoms with Gasteiger partial charge in [0, 0.05) is 69.0 Å². The lowest BCUT2D eigenvalue weighted by atomic mass is 9.95. The molecular formula is C45H46N10O11. The highest BCUT2D eigenvalue weighted by Gasteiger charge is 2.46. The van der Waals surface area contributed by atoms with Crippen LogP contribution in [0, 0.1) is 0 Å². The molecule has 342 valence electrons. The number of nitrogens with two attached hydrogens (primary N) is 1. The first-order valence-corrected chi connectivity index (χ1v) is 21.5. The predicted molar refractivity (Wildman–Crippen MR) is 233 cm³/mol. The number of carboxylic acids is 2. The summed E-state index contributed by atoms with van der Waals surface area (Å²) in [6.45, 7) is 5.67. The number of para-hydroxylation sites is 1. The molecule has 0 saturated carbocycles. The van der Waals surface area contributed by atoms with Crippen molar-refractivity contribution >= 4 is 58.1 Å². The molecule has 10 rings (SSSR count). The maximum absolute atomic E-state index is 13.3. The minimum Gasteiger partial charge on any atom is -0.479 e. The molecule has 7 N–H and O–H groups in total. The molecule has 0 bridgehead atoms. The van der Waals surface area contributed by atoms with Crippen LogP contribution in [0.3, 0.4) is 0 Å². The van der Waals surface area contributed by atoms with E-state index >= 15 is 0 Å². The molecule has 3 atom stereocenters. The fourth-order valence-corrected chi connectivity index (χ4v) is 9.09. The Morgan fingerprint density at radius 3 is 2.03 bits per heavy atom. The highest BCUT2D eigenvalue weighted by molar-refractivity contribution is 6.23. The molecule has 0 radical (unpaired) electrons. The molecule has 4 fully saturated rings. The number of benzene rings is 3. The number of likely N-dealkylation sites (tertiary alicyclic amines) is 2. The monoisotopic (exact) mass is 902 g/mol. The second-order valence-corrected chi connectivity index (χ2v) is 16.9. The van der Waals surface area contributed by atoms with Gasteiger partial charge in [-0.25, -0.2) is 24.2 Å². The standard InChI is InChI=1S/C41H40N10O5.C4H6O6/c42-37-35-36(24-6-9-30(10-7-24)56-29-4-2-1-3-5-29)46-51(38(35)44-23-43-37)25-14-16-47(17-15-25)27-19-49(20-27)28-21-48(22-28)26-8-11-31-32(18-26)41(55)50(40(31)54)33-12-13-34(52)45-39(33)53;5-1(3(7)8)2(6)4(9)10/h1-11,18,23,25,27-28,33H,12-17,19-22H2,(H2,42,43,44)(H,45,52,53);1-2,5-6H,(H,7,8)(H,9,10)/t;1-,2-/m.1/s1. The summed E-state index contributed by atoms with van der Waals surface area (Å²) in [7, 11) is 0. The number of carbonyl (C=O) groups is 6. The van der Waals surface area contributed by atoms with Gasteiger partial charge in [-0.1, -0.05) is 18.2 Å². The summed E-state index contributed by atoms with van der Waals surface area (Å²) >= 11 is 0. The number of aliphatic hydroxyl groups is 2. The number of hydrogen-bond donors (Lipinski definition) is 6. The topological polar surface area (TPSA) is 287 Å². The summed E-state index contributed by atoms with van der Waals surface area (Å²) < 4.78 is 8.05. The minimum atomic E-state index is -2.27. The molecule has 7 heterocycles. The fourth-order valence-electron chi connectivity index (χ4n) is 9.09. The normalized spacial score (nSPS) is 20.5. The first-order chi connectivity index (χ1) is 31.7. The molecule has 0 spiro atoms. The Kier molecular flexibility index (Phi) is 11.9. The molecule has 3 aromatic carbocycles. The van der Waals surface area contributed by atoms with Crippen LogP contribution >= 0.6 is 0 Å². The van der Waals surface area contributed by atoms with Gasteiger partial charge >= 0.3 is 11.9 Å². The maximum atomic E-state index is 13.3. The second kappa shape index (κ2) is 17.9. The van der Waals surface area contributed by atoms with Gasteiger partial charge in [-0.3, -0.25) is 39.2 Å². The summed E-state index contributed by atoms with van der Waals surface area (Å²) in [6, 6.07) is 23.0. The Hall–Kier alpha value is -7.33. The van der Waals surface area contributed by atoms with E-state index in [2.05, 4.69) is 34.7 Å². The smallest absolute Gasteiger partial charge is 0.335 e. The number of nitrogen functional groups attached to an aromatic ring is 1. The highest BCUT2D eigenvalue weighted by Crippen LogP contribution is 2.37. The van der Waals surface area contributed by atoms with Crippen molar-refractivity contribution in [3.8, 4) is 22.8 Å². The number of ether oxygens (including phenoxy) is 1. The summed E-state index contributed by atoms with van der Waals surface area (Å²) in [5, 5.41) is 40.6. The van der Waals surface area contributed by atoms with Crippen LogP contribution in [0.2, 0.25) is 0 Å². The van der Waals surface area contributed by atoms with Crippen molar-refractivity contribution in [3.05, 3.63) is 90.3 Å². The van der Waals surface area contributed by atoms with Crippen molar-refractivity contribution < 1.29 is 53.9 Å². The molecule has 2 aromatic heterocycles. The number of anilines is 2. The first-order valence-electron chi connectivity index (χ1n) is 21.5. The van der Waals surface area contributed by atoms with Gasteiger partial charge in [0.1, 0.15) is 35.4 Å². The first kappa shape index (κ1) is 43.9. The molecular weight excluding hydrogens is 857 g/mol. The van der Waals surface area contributed by atoms with E-state index in [1.807, 2.05) is 60.7 Å². The van der Waals surface area contributed by atoms with Crippen LogP contribution in [0.15, 0.2) is 79.1 Å². The van der Waals surface area contributed by atoms with E-state index in [-0.39, 0.29) is 24.8 Å². The molecule has 5 aliphatic heterocycles. The molecule has 66 heavy (non-hydrogen) atoms. The number of carboxylic acid groups (broad SMARTS) is 2. The number of fused-ring (bicyclic) bond motifs is 2. The Morgan fingerprint density at radius 2 is 1.38 bits per heavy atom. The Balaban J connectivity index is 0.000000493. The average molecular weight is 903 g/mol. The zero-order chi connectivity index (χ0) is 46.4. The van der Waals surface area contributed by atoms with Crippen LogP contribution in [0.1, 0.15) is 52.4 Å². The van der Waals surface area contributed by atoms with E-state index in [9.17, 15) is 28.8 Å². The van der Waals surface area contributed by atoms with Gasteiger partial charge in [-0.15, -0.1) is 0 Å². The lowest BCUT2D eigenvalue weighted by Gasteiger charge is -2.55. The van der Waals surface area contributed by atoms with Crippen molar-refractivity contribution in [3.63, 3.8) is 0 Å². The van der Waals surface area contributed by atoms with Gasteiger partial charge in [0.2, 0.25) is 11.8 Å². The third-order valence-electron chi connectivity index (χ3n) is 12.8. The molecule has 4 saturated heterocycles. The van der Waals surface area contributed by atoms with Gasteiger partial charge in [0.25, 0.3) is 11.8 Å². The number of piperidine rings is 2. The maximum Gasteiger partial charge on any atom is 0.335 e. The average Bonchev–Trinajstić information content (AvgIpc) is 3.79. The van der Waals surface area contributed by atoms with E-state index in [0.717, 1.165) is 96.5 Å². The predicted octanol–water partition coefficient (Wildman–Crippen LogP) is 1.36. The summed E-state index contributed by atoms with van der Waals surface area (Å²) in [4.78, 5) is 87.3. The molecule has 5 aliphatic rings. The number of imide groups is 2. The number of aromatic nitrogens is 4. The Morgan fingerprint density at radius 1 is 0.742 bits per heavy atom. The minimum absolute atomic E-state index is 0.0958. The van der Waals surface area contributed by atoms with Crippen LogP contribution in [0.4, 0.5) is 11.5 Å². The van der Waals surface area contributed by atoms with Crippen molar-refractivity contribution in [2.45, 2.75) is 62.1 Å². The fraction of sp³-hybridized carbons (Fsp3) is 0.356. The Labute approximate surface area is 376 Å². The molecule has 21 heteroatoms. The molecule has 5 aromatic rings. The Bertz CT molecular complexity index is 2700. The van der Waals surface area contributed by atoms with Crippen LogP contribution in [-0.4, -0.2) is 160 Å². The number of hydrogen-bond acceptors (Lipinski definition) is 16. The van der Waals surface area contributed by atoms with Crippen LogP contribution in [0.5, 0.6) is 11.5 Å². The van der Waals surface area contributed by atoms with Crippen LogP contribution in [0.25, 0.3) is 22.3 Å². The van der Waals surface area contributed by atoms with Gasteiger partial charge in [-0.05, 0) is 73.9 Å². The van der Waals surface area contributed by atoms with E-state index in [1.165, 1.54) is 6.33 Å². The number of nitrogens with one attached hydrogen (secondary N) is 1. The highest BCUT2D eigenvalue weighted by atomic mass is 16.5. The third kappa shape index (κ3) is 8.39. The molecule has 21 nitrogen and oxygen atoms in total. The zero-order valence-electron chi connectivity index (χ0n) is 35.3. The number of aliphatic hydroxyl groups excluding tert-OH is 2. The lowest BCUT2D eigenvalue weighted by molar-refractivity contribution is -0.165. The van der Waals surface area contributed by atoms with Crippen molar-refractivity contribution in [1.82, 2.24) is 39.8 Å². The van der Waals surface area contributed by atoms with Crippen LogP contribution in [-0.2, 0) is 19.2 Å². The lowest BCUT2D eigenvalue weighted by Crippen LogP contribution is -2.70. The number of nitrogens with zero attached hydrogens (tertiary/aromatic N) is 8. The SMILES string of the molecule is Nc1ncnc2c1c(-c1ccc(Oc3ccccc3)cc1)nn2C1CCN(C2CN(C3CN(c4ccc5c(c4)C(=O)N(C4CCC(=O)NC4=O)C5=O)C3)C2)CC1.O=C(O)[C@H](O)[C@@H](O)C(=O)O. The number of rotatable bonds is 11. The quantitative estimate of drug-likeness (QED) is 0.102. The van der Waals surface area contributed by atoms with Gasteiger partial charge in [-0.2, -0.15) is 5.10 Å². The van der Waals surface area contributed by atoms with Crippen LogP contribution < -0.4 is 20.7 Å². The summed E-state index contributed by atoms with van der Waals surface area (Å²) in [5.74, 6) is -3.57. The molecule has 4 amide bonds. The number of amides is 4. The third-order valence-corrected chi connectivity index (χ3v) is 12.8. The number of carbonyl (C=O) groups excluding carboxylic acids is 4. The van der Waals surface area contributed by atoms with E-state index in [0.29, 0.717) is 29.0 Å². The summed E-state index contributed by atoms with van der Waals surface area (Å²) in [6.07, 6.45) is -0.871.